The fraction of sp³-hybridized carbons (Fsp3) is 0.865. The van der Waals surface area contributed by atoms with Crippen LogP contribution in [0.1, 0.15) is 452 Å². The Kier molecular flexibility index (Phi) is 69.9. The Morgan fingerprint density at radius 2 is 0.360 bits per heavy atom. The summed E-state index contributed by atoms with van der Waals surface area (Å²) in [4.78, 5) is 0. The van der Waals surface area contributed by atoms with Crippen molar-refractivity contribution in [3.05, 3.63) is 83.2 Å². The summed E-state index contributed by atoms with van der Waals surface area (Å²) in [5.74, 6) is 10.9. The van der Waals surface area contributed by atoms with Gasteiger partial charge in [-0.2, -0.15) is 0 Å². The van der Waals surface area contributed by atoms with Crippen molar-refractivity contribution >= 4 is 0 Å². The lowest BCUT2D eigenvalue weighted by atomic mass is 10.0. The van der Waals surface area contributed by atoms with Gasteiger partial charge in [0.05, 0.1) is 83.2 Å². The maximum absolute atomic E-state index is 4.22. The number of hydrogen-bond donors (Lipinski definition) is 0. The highest BCUT2D eigenvalue weighted by Gasteiger charge is 2.14. The smallest absolute Gasteiger partial charge is 0.0725 e. The molecule has 0 bridgehead atoms. The normalized spacial score (nSPS) is 11.7. The topological polar surface area (TPSA) is 215 Å². The fourth-order valence-corrected chi connectivity index (χ4v) is 14.8. The Morgan fingerprint density at radius 3 is 0.680 bits per heavy atom. The number of rotatable bonds is 62. The van der Waals surface area contributed by atoms with Gasteiger partial charge in [-0.25, -0.2) is 32.8 Å². The van der Waals surface area contributed by atoms with Crippen LogP contribution in [0.2, 0.25) is 0 Å². The van der Waals surface area contributed by atoms with Gasteiger partial charge in [0, 0.05) is 45.8 Å². The van der Waals surface area contributed by atoms with E-state index in [0.717, 1.165) is 162 Å². The molecule has 0 fully saturated rings. The van der Waals surface area contributed by atoms with E-state index >= 15 is 0 Å². The lowest BCUT2D eigenvalue weighted by Crippen LogP contribution is -2.09. The van der Waals surface area contributed by atoms with Crippen LogP contribution in [0.25, 0.3) is 0 Å². The molecule has 0 aliphatic heterocycles. The summed E-state index contributed by atoms with van der Waals surface area (Å²) in [6, 6.07) is 0. The molecule has 0 aromatic carbocycles. The van der Waals surface area contributed by atoms with Gasteiger partial charge in [0.15, 0.2) is 0 Å². The molecule has 21 nitrogen and oxygen atoms in total. The molecular weight excluding hydrogens is 1540 g/mol. The van der Waals surface area contributed by atoms with Crippen molar-refractivity contribution in [2.45, 2.75) is 503 Å². The highest BCUT2D eigenvalue weighted by molar-refractivity contribution is 4.99. The van der Waals surface area contributed by atoms with Gasteiger partial charge in [0.1, 0.15) is 0 Å². The van der Waals surface area contributed by atoms with E-state index < -0.39 is 0 Å². The van der Waals surface area contributed by atoms with Crippen LogP contribution in [0.15, 0.2) is 43.4 Å². The zero-order valence-corrected chi connectivity index (χ0v) is 87.0. The van der Waals surface area contributed by atoms with Crippen molar-refractivity contribution in [1.82, 2.24) is 105 Å². The van der Waals surface area contributed by atoms with Gasteiger partial charge in [0.25, 0.3) is 0 Å². The molecule has 0 radical (unpaired) electrons. The Bertz CT molecular complexity index is 3300. The molecule has 0 spiro atoms. The molecule has 0 saturated carbocycles. The van der Waals surface area contributed by atoms with Crippen LogP contribution < -0.4 is 0 Å². The van der Waals surface area contributed by atoms with Gasteiger partial charge in [-0.3, -0.25) is 0 Å². The molecule has 7 heterocycles. The first kappa shape index (κ1) is 117. The van der Waals surface area contributed by atoms with E-state index in [-0.39, 0.29) is 0 Å². The van der Waals surface area contributed by atoms with Gasteiger partial charge < -0.3 is 0 Å². The molecule has 0 aliphatic rings. The monoisotopic (exact) mass is 1740 g/mol. The first-order valence-corrected chi connectivity index (χ1v) is 51.8. The zero-order chi connectivity index (χ0) is 93.0. The van der Waals surface area contributed by atoms with E-state index in [9.17, 15) is 0 Å². The van der Waals surface area contributed by atoms with Crippen LogP contribution in [0, 0.1) is 82.9 Å². The molecule has 0 amide bonds. The molecular formula is C104H201N21. The second kappa shape index (κ2) is 74.7. The molecule has 0 unspecified atom stereocenters. The molecule has 722 valence electrons. The highest BCUT2D eigenvalue weighted by Crippen LogP contribution is 2.21. The lowest BCUT2D eigenvalue weighted by Gasteiger charge is -2.08. The van der Waals surface area contributed by atoms with Crippen molar-refractivity contribution in [2.24, 2.45) is 82.9 Å². The zero-order valence-electron chi connectivity index (χ0n) is 87.0. The standard InChI is InChI=1S/2C17H33N3.5C14H27N3/c1-15(2)10-7-5-6-8-12-17-14-18-19-20(17)13-9-11-16(3)4;1-15(2)10-8-6-5-7-9-11-17-14-18-19-20(17)13-12-16(3)4;1-12(2)7-5-9-14-11-15-16-17(14)10-6-8-13(3)4;1-12(2)7-5-6-10-17-14(11-15-16-17)9-8-13(3)4;1-12(2)7-5-6-8-14-11-15-16-17(14)10-9-13(3)4;1-12(2)8-6-5-7-9-14-10-15-16-17(14)11-13(3)4;1-12(2)8-6-5-7-9-17-14(10-13(3)4)11-15-16-17/h2*14-16H,5-13H2,1-4H3;3*11-13H,5-10H2,1-4H3;10,12-13H,5-9,11H2,1-4H3;11-13H,5-10H2,1-4H3. The SMILES string of the molecule is CC(C)CCCCCCCc1cnnn1CCC(C)C.CC(C)CCCCCCc1cnnn1CCCC(C)C.CC(C)CCCCCc1cnnn1CC(C)C.CC(C)CCCCCn1nncc1CC(C)C.CC(C)CCCCc1cnnn1CCC(C)C.CC(C)CCCCn1nncc1CCC(C)C.CC(C)CCCc1cnnn1CCCC(C)C. The third kappa shape index (κ3) is 66.9. The Balaban J connectivity index is 0.000000730. The van der Waals surface area contributed by atoms with E-state index in [2.05, 4.69) is 299 Å². The summed E-state index contributed by atoms with van der Waals surface area (Å²) in [5, 5.41) is 57.5. The number of aryl methyl sites for hydroxylation is 12. The predicted octanol–water partition coefficient (Wildman–Crippen LogP) is 28.2. The van der Waals surface area contributed by atoms with Crippen LogP contribution in [0.4, 0.5) is 0 Å². The van der Waals surface area contributed by atoms with Gasteiger partial charge in [-0.05, 0) is 218 Å². The third-order valence-electron chi connectivity index (χ3n) is 22.8. The van der Waals surface area contributed by atoms with Crippen LogP contribution >= 0.6 is 0 Å². The minimum atomic E-state index is 0.636. The predicted molar refractivity (Wildman–Crippen MR) is 531 cm³/mol. The summed E-state index contributed by atoms with van der Waals surface area (Å²) in [6.07, 6.45) is 65.5. The van der Waals surface area contributed by atoms with E-state index in [1.807, 2.05) is 43.4 Å². The second-order valence-corrected chi connectivity index (χ2v) is 42.6. The molecule has 0 aliphatic carbocycles. The number of hydrogen-bond acceptors (Lipinski definition) is 14. The average Bonchev–Trinajstić information content (AvgIpc) is 1.81. The number of nitrogens with zero attached hydrogens (tertiary/aromatic N) is 21. The maximum atomic E-state index is 4.22. The molecule has 0 N–H and O–H groups in total. The largest absolute Gasteiger partial charge is 0.249 e. The quantitative estimate of drug-likeness (QED) is 0.0324. The molecule has 7 aromatic rings. The summed E-state index contributed by atoms with van der Waals surface area (Å²) in [5.41, 5.74) is 9.10. The molecule has 0 saturated heterocycles. The van der Waals surface area contributed by atoms with Crippen molar-refractivity contribution in [3.8, 4) is 0 Å². The van der Waals surface area contributed by atoms with Crippen LogP contribution in [-0.2, 0) is 90.8 Å². The molecule has 0 atom stereocenters. The van der Waals surface area contributed by atoms with E-state index in [0.29, 0.717) is 11.8 Å². The Hall–Kier alpha value is -6.02. The van der Waals surface area contributed by atoms with Gasteiger partial charge >= 0.3 is 0 Å². The number of aromatic nitrogens is 21. The minimum Gasteiger partial charge on any atom is -0.249 e. The first-order chi connectivity index (χ1) is 59.6. The van der Waals surface area contributed by atoms with Crippen LogP contribution in [0.5, 0.6) is 0 Å². The number of unbranched alkanes of at least 4 members (excludes halogenated alkanes) is 13. The third-order valence-corrected chi connectivity index (χ3v) is 22.8. The molecule has 7 rings (SSSR count). The van der Waals surface area contributed by atoms with Crippen molar-refractivity contribution in [3.63, 3.8) is 0 Å². The van der Waals surface area contributed by atoms with E-state index in [1.165, 1.54) is 258 Å². The van der Waals surface area contributed by atoms with Crippen molar-refractivity contribution < 1.29 is 0 Å². The second-order valence-electron chi connectivity index (χ2n) is 42.6. The molecule has 21 heteroatoms. The molecule has 125 heavy (non-hydrogen) atoms. The summed E-state index contributed by atoms with van der Waals surface area (Å²) < 4.78 is 14.6. The van der Waals surface area contributed by atoms with E-state index in [4.69, 9.17) is 0 Å². The summed E-state index contributed by atoms with van der Waals surface area (Å²) >= 11 is 0. The maximum Gasteiger partial charge on any atom is 0.0725 e. The van der Waals surface area contributed by atoms with Crippen LogP contribution in [-0.4, -0.2) is 105 Å². The highest BCUT2D eigenvalue weighted by atomic mass is 15.5. The van der Waals surface area contributed by atoms with Crippen molar-refractivity contribution in [2.75, 3.05) is 0 Å². The fourth-order valence-electron chi connectivity index (χ4n) is 14.8. The van der Waals surface area contributed by atoms with Crippen LogP contribution in [0.3, 0.4) is 0 Å². The van der Waals surface area contributed by atoms with Crippen molar-refractivity contribution in [1.29, 1.82) is 0 Å². The minimum absolute atomic E-state index is 0.636. The summed E-state index contributed by atoms with van der Waals surface area (Å²) in [7, 11) is 0. The Labute approximate surface area is 769 Å². The van der Waals surface area contributed by atoms with E-state index in [1.54, 1.807) is 0 Å². The Morgan fingerprint density at radius 1 is 0.160 bits per heavy atom. The van der Waals surface area contributed by atoms with Gasteiger partial charge in [-0.15, -0.1) is 35.7 Å². The lowest BCUT2D eigenvalue weighted by molar-refractivity contribution is 0.453. The van der Waals surface area contributed by atoms with Gasteiger partial charge in [-0.1, -0.05) is 359 Å². The molecule has 7 aromatic heterocycles. The average molecular weight is 1750 g/mol. The first-order valence-electron chi connectivity index (χ1n) is 51.8. The van der Waals surface area contributed by atoms with Gasteiger partial charge in [0.2, 0.25) is 0 Å². The summed E-state index contributed by atoms with van der Waals surface area (Å²) in [6.45, 7) is 70.7.